The zero-order valence-electron chi connectivity index (χ0n) is 10.5. The number of aromatic amines is 1. The molecule has 1 heterocycles. The largest absolute Gasteiger partial charge is 0.381 e. The first-order chi connectivity index (χ1) is 8.99. The lowest BCUT2D eigenvalue weighted by molar-refractivity contribution is -0.385. The van der Waals surface area contributed by atoms with Crippen LogP contribution in [-0.4, -0.2) is 15.1 Å². The molecule has 1 aromatic carbocycles. The van der Waals surface area contributed by atoms with Crippen LogP contribution in [0.4, 0.5) is 11.4 Å². The van der Waals surface area contributed by atoms with Crippen LogP contribution in [0, 0.1) is 24.0 Å². The smallest absolute Gasteiger partial charge is 0.283 e. The quantitative estimate of drug-likeness (QED) is 0.667. The number of aryl methyl sites for hydroxylation is 2. The highest BCUT2D eigenvalue weighted by atomic mass is 79.9. The van der Waals surface area contributed by atoms with Crippen molar-refractivity contribution in [3.8, 4) is 0 Å². The minimum absolute atomic E-state index is 0.0567. The van der Waals surface area contributed by atoms with Crippen molar-refractivity contribution in [1.29, 1.82) is 0 Å². The van der Waals surface area contributed by atoms with Gasteiger partial charge in [0.2, 0.25) is 0 Å². The second-order valence-electron chi connectivity index (χ2n) is 4.19. The number of nitro groups is 1. The molecule has 0 fully saturated rings. The van der Waals surface area contributed by atoms with E-state index >= 15 is 0 Å². The van der Waals surface area contributed by atoms with Gasteiger partial charge >= 0.3 is 0 Å². The molecule has 0 aliphatic heterocycles. The first-order valence-corrected chi connectivity index (χ1v) is 6.46. The Hall–Kier alpha value is -1.89. The van der Waals surface area contributed by atoms with Gasteiger partial charge in [0.15, 0.2) is 0 Å². The molecule has 100 valence electrons. The van der Waals surface area contributed by atoms with E-state index < -0.39 is 4.92 Å². The fraction of sp³-hybridized carbons (Fsp3) is 0.250. The number of hydrogen-bond donors (Lipinski definition) is 2. The van der Waals surface area contributed by atoms with E-state index in [4.69, 9.17) is 0 Å². The first-order valence-electron chi connectivity index (χ1n) is 5.67. The Morgan fingerprint density at radius 1 is 1.47 bits per heavy atom. The van der Waals surface area contributed by atoms with Crippen LogP contribution in [0.15, 0.2) is 22.7 Å². The number of H-pyrrole nitrogens is 1. The Bertz CT molecular complexity index is 605. The van der Waals surface area contributed by atoms with Crippen molar-refractivity contribution in [3.05, 3.63) is 49.7 Å². The number of anilines is 1. The van der Waals surface area contributed by atoms with Gasteiger partial charge in [0, 0.05) is 29.6 Å². The fourth-order valence-electron chi connectivity index (χ4n) is 1.79. The molecule has 0 aliphatic carbocycles. The van der Waals surface area contributed by atoms with Crippen molar-refractivity contribution >= 4 is 27.3 Å². The number of aromatic nitrogens is 2. The Labute approximate surface area is 118 Å². The molecule has 0 aliphatic rings. The van der Waals surface area contributed by atoms with Crippen molar-refractivity contribution in [2.45, 2.75) is 20.4 Å². The molecule has 2 rings (SSSR count). The Kier molecular flexibility index (Phi) is 3.84. The maximum absolute atomic E-state index is 10.7. The lowest BCUT2D eigenvalue weighted by Crippen LogP contribution is -2.02. The number of hydrogen-bond acceptors (Lipinski definition) is 4. The Morgan fingerprint density at radius 3 is 2.74 bits per heavy atom. The SMILES string of the molecule is Cc1n[nH]c(C)c1CNc1ccc([N+](=O)[O-])c(Br)c1. The van der Waals surface area contributed by atoms with Crippen LogP contribution in [-0.2, 0) is 6.54 Å². The summed E-state index contributed by atoms with van der Waals surface area (Å²) in [7, 11) is 0. The van der Waals surface area contributed by atoms with E-state index in [0.717, 1.165) is 22.6 Å². The molecule has 2 N–H and O–H groups in total. The zero-order chi connectivity index (χ0) is 14.0. The van der Waals surface area contributed by atoms with Gasteiger partial charge in [-0.2, -0.15) is 5.10 Å². The molecule has 1 aromatic heterocycles. The average molecular weight is 325 g/mol. The normalized spacial score (nSPS) is 10.5. The number of nitrogens with zero attached hydrogens (tertiary/aromatic N) is 2. The molecule has 0 saturated carbocycles. The molecular weight excluding hydrogens is 312 g/mol. The van der Waals surface area contributed by atoms with Gasteiger partial charge < -0.3 is 5.32 Å². The van der Waals surface area contributed by atoms with E-state index in [1.807, 2.05) is 13.8 Å². The summed E-state index contributed by atoms with van der Waals surface area (Å²) >= 11 is 3.20. The number of benzene rings is 1. The van der Waals surface area contributed by atoms with Crippen molar-refractivity contribution in [3.63, 3.8) is 0 Å². The number of rotatable bonds is 4. The highest BCUT2D eigenvalue weighted by molar-refractivity contribution is 9.10. The Morgan fingerprint density at radius 2 is 2.21 bits per heavy atom. The van der Waals surface area contributed by atoms with Crippen molar-refractivity contribution in [2.24, 2.45) is 0 Å². The van der Waals surface area contributed by atoms with Gasteiger partial charge in [-0.05, 0) is 41.9 Å². The molecule has 0 bridgehead atoms. The van der Waals surface area contributed by atoms with E-state index in [2.05, 4.69) is 31.4 Å². The molecule has 0 spiro atoms. The molecular formula is C12H13BrN4O2. The molecule has 6 nitrogen and oxygen atoms in total. The monoisotopic (exact) mass is 324 g/mol. The zero-order valence-corrected chi connectivity index (χ0v) is 12.1. The van der Waals surface area contributed by atoms with E-state index in [1.165, 1.54) is 6.07 Å². The molecule has 0 atom stereocenters. The molecule has 7 heteroatoms. The lowest BCUT2D eigenvalue weighted by Gasteiger charge is -2.07. The maximum Gasteiger partial charge on any atom is 0.283 e. The third kappa shape index (κ3) is 2.93. The summed E-state index contributed by atoms with van der Waals surface area (Å²) in [6.07, 6.45) is 0. The van der Waals surface area contributed by atoms with Crippen LogP contribution in [0.1, 0.15) is 17.0 Å². The molecule has 19 heavy (non-hydrogen) atoms. The summed E-state index contributed by atoms with van der Waals surface area (Å²) in [6.45, 7) is 4.52. The summed E-state index contributed by atoms with van der Waals surface area (Å²) in [4.78, 5) is 10.3. The average Bonchev–Trinajstić information content (AvgIpc) is 2.66. The van der Waals surface area contributed by atoms with Gasteiger partial charge in [-0.1, -0.05) is 0 Å². The second-order valence-corrected chi connectivity index (χ2v) is 5.04. The van der Waals surface area contributed by atoms with Crippen molar-refractivity contribution in [2.75, 3.05) is 5.32 Å². The highest BCUT2D eigenvalue weighted by Crippen LogP contribution is 2.28. The lowest BCUT2D eigenvalue weighted by atomic mass is 10.2. The topological polar surface area (TPSA) is 83.8 Å². The van der Waals surface area contributed by atoms with Gasteiger partial charge in [0.05, 0.1) is 15.1 Å². The summed E-state index contributed by atoms with van der Waals surface area (Å²) in [5.74, 6) is 0. The number of halogens is 1. The second kappa shape index (κ2) is 5.40. The van der Waals surface area contributed by atoms with Crippen LogP contribution >= 0.6 is 15.9 Å². The molecule has 0 radical (unpaired) electrons. The predicted octanol–water partition coefficient (Wildman–Crippen LogP) is 3.31. The first kappa shape index (κ1) is 13.5. The third-order valence-corrected chi connectivity index (χ3v) is 3.53. The fourth-order valence-corrected chi connectivity index (χ4v) is 2.31. The highest BCUT2D eigenvalue weighted by Gasteiger charge is 2.12. The summed E-state index contributed by atoms with van der Waals surface area (Å²) in [5, 5.41) is 21.0. The van der Waals surface area contributed by atoms with Crippen LogP contribution in [0.25, 0.3) is 0 Å². The molecule has 2 aromatic rings. The maximum atomic E-state index is 10.7. The Balaban J connectivity index is 2.13. The molecule has 0 saturated heterocycles. The number of nitro benzene ring substituents is 1. The summed E-state index contributed by atoms with van der Waals surface area (Å²) in [6, 6.07) is 4.86. The van der Waals surface area contributed by atoms with E-state index in [1.54, 1.807) is 12.1 Å². The van der Waals surface area contributed by atoms with Crippen LogP contribution in [0.2, 0.25) is 0 Å². The van der Waals surface area contributed by atoms with E-state index in [9.17, 15) is 10.1 Å². The van der Waals surface area contributed by atoms with Crippen LogP contribution < -0.4 is 5.32 Å². The van der Waals surface area contributed by atoms with Crippen LogP contribution in [0.3, 0.4) is 0 Å². The van der Waals surface area contributed by atoms with Crippen molar-refractivity contribution in [1.82, 2.24) is 10.2 Å². The van der Waals surface area contributed by atoms with Crippen molar-refractivity contribution < 1.29 is 4.92 Å². The van der Waals surface area contributed by atoms with Crippen LogP contribution in [0.5, 0.6) is 0 Å². The minimum atomic E-state index is -0.418. The van der Waals surface area contributed by atoms with Gasteiger partial charge in [-0.3, -0.25) is 15.2 Å². The molecule has 0 unspecified atom stereocenters. The summed E-state index contributed by atoms with van der Waals surface area (Å²) in [5.41, 5.74) is 3.95. The number of nitrogens with one attached hydrogen (secondary N) is 2. The standard InChI is InChI=1S/C12H13BrN4O2/c1-7-10(8(2)16-15-7)6-14-9-3-4-12(17(18)19)11(13)5-9/h3-5,14H,6H2,1-2H3,(H,15,16). The summed E-state index contributed by atoms with van der Waals surface area (Å²) < 4.78 is 0.461. The minimum Gasteiger partial charge on any atom is -0.381 e. The van der Waals surface area contributed by atoms with Gasteiger partial charge in [-0.25, -0.2) is 0 Å². The van der Waals surface area contributed by atoms with E-state index in [0.29, 0.717) is 11.0 Å². The molecule has 0 amide bonds. The van der Waals surface area contributed by atoms with Gasteiger partial charge in [-0.15, -0.1) is 0 Å². The third-order valence-electron chi connectivity index (χ3n) is 2.89. The van der Waals surface area contributed by atoms with Gasteiger partial charge in [0.25, 0.3) is 5.69 Å². The van der Waals surface area contributed by atoms with Gasteiger partial charge in [0.1, 0.15) is 0 Å². The van der Waals surface area contributed by atoms with E-state index in [-0.39, 0.29) is 5.69 Å². The predicted molar refractivity (Wildman–Crippen MR) is 76.2 cm³/mol.